The molecule has 0 unspecified atom stereocenters. The Bertz CT molecular complexity index is 1660. The van der Waals surface area contributed by atoms with Crippen LogP contribution in [0.3, 0.4) is 0 Å². The second-order valence-electron chi connectivity index (χ2n) is 8.60. The van der Waals surface area contributed by atoms with Crippen LogP contribution in [-0.2, 0) is 6.18 Å². The molecule has 5 aromatic rings. The number of nitrogens with zero attached hydrogens (tertiary/aromatic N) is 4. The molecule has 38 heavy (non-hydrogen) atoms. The van der Waals surface area contributed by atoms with Crippen LogP contribution >= 0.6 is 11.3 Å². The topological polar surface area (TPSA) is 96.8 Å². The van der Waals surface area contributed by atoms with Crippen LogP contribution in [0.15, 0.2) is 60.6 Å². The minimum Gasteiger partial charge on any atom is -0.372 e. The molecule has 2 aromatic carbocycles. The third-order valence-electron chi connectivity index (χ3n) is 5.86. The van der Waals surface area contributed by atoms with Crippen molar-refractivity contribution in [3.8, 4) is 5.69 Å². The van der Waals surface area contributed by atoms with Gasteiger partial charge in [-0.1, -0.05) is 6.07 Å². The molecule has 0 saturated heterocycles. The van der Waals surface area contributed by atoms with E-state index in [9.17, 15) is 18.0 Å². The lowest BCUT2D eigenvalue weighted by atomic mass is 10.1. The van der Waals surface area contributed by atoms with Crippen LogP contribution < -0.4 is 16.0 Å². The largest absolute Gasteiger partial charge is 0.416 e. The van der Waals surface area contributed by atoms with Crippen molar-refractivity contribution in [1.82, 2.24) is 19.5 Å². The van der Waals surface area contributed by atoms with Gasteiger partial charge in [0.25, 0.3) is 5.91 Å². The number of rotatable bonds is 6. The Labute approximate surface area is 219 Å². The Balaban J connectivity index is 1.44. The number of aromatic nitrogens is 4. The molecular weight excluding hydrogens is 515 g/mol. The number of carbonyl (C=O) groups is 1. The van der Waals surface area contributed by atoms with E-state index in [1.807, 2.05) is 6.92 Å². The van der Waals surface area contributed by atoms with Gasteiger partial charge in [0.1, 0.15) is 12.1 Å². The average Bonchev–Trinajstić information content (AvgIpc) is 3.52. The summed E-state index contributed by atoms with van der Waals surface area (Å²) in [7, 11) is 1.74. The van der Waals surface area contributed by atoms with Crippen molar-refractivity contribution in [2.75, 3.05) is 23.0 Å². The molecule has 0 atom stereocenters. The van der Waals surface area contributed by atoms with E-state index in [4.69, 9.17) is 0 Å². The molecule has 0 aliphatic heterocycles. The number of carbonyl (C=O) groups excluding carboxylic acids is 1. The van der Waals surface area contributed by atoms with E-state index in [1.54, 1.807) is 49.8 Å². The number of anilines is 4. The highest BCUT2D eigenvalue weighted by Gasteiger charge is 2.31. The molecule has 8 nitrogen and oxygen atoms in total. The van der Waals surface area contributed by atoms with Gasteiger partial charge in [0.05, 0.1) is 33.4 Å². The second kappa shape index (κ2) is 9.78. The SMILES string of the molecule is CNc1ncnc2c(C(=O)Nc3cc(Nc4cc(-n5cnc(C)c5)cc(C(F)(F)F)c4)ccc3C)csc12. The van der Waals surface area contributed by atoms with Gasteiger partial charge in [-0.15, -0.1) is 11.3 Å². The van der Waals surface area contributed by atoms with Gasteiger partial charge < -0.3 is 20.5 Å². The highest BCUT2D eigenvalue weighted by atomic mass is 32.1. The summed E-state index contributed by atoms with van der Waals surface area (Å²) >= 11 is 1.36. The van der Waals surface area contributed by atoms with E-state index in [2.05, 4.69) is 30.9 Å². The van der Waals surface area contributed by atoms with E-state index in [0.29, 0.717) is 39.7 Å². The minimum atomic E-state index is -4.53. The van der Waals surface area contributed by atoms with Crippen molar-refractivity contribution < 1.29 is 18.0 Å². The Morgan fingerprint density at radius 1 is 1.03 bits per heavy atom. The van der Waals surface area contributed by atoms with E-state index in [1.165, 1.54) is 28.6 Å². The van der Waals surface area contributed by atoms with Gasteiger partial charge in [-0.05, 0) is 49.7 Å². The molecular formula is C26H22F3N7OS. The Hall–Kier alpha value is -4.45. The van der Waals surface area contributed by atoms with Crippen molar-refractivity contribution >= 4 is 50.3 Å². The van der Waals surface area contributed by atoms with Crippen molar-refractivity contribution in [3.63, 3.8) is 0 Å². The van der Waals surface area contributed by atoms with Crippen LogP contribution in [0.4, 0.5) is 36.1 Å². The zero-order chi connectivity index (χ0) is 27.0. The number of hydrogen-bond donors (Lipinski definition) is 3. The van der Waals surface area contributed by atoms with Crippen LogP contribution in [0.2, 0.25) is 0 Å². The number of hydrogen-bond acceptors (Lipinski definition) is 7. The van der Waals surface area contributed by atoms with Crippen LogP contribution in [0.25, 0.3) is 15.9 Å². The van der Waals surface area contributed by atoms with Crippen LogP contribution in [0, 0.1) is 13.8 Å². The lowest BCUT2D eigenvalue weighted by Crippen LogP contribution is -2.13. The number of fused-ring (bicyclic) bond motifs is 1. The molecule has 0 saturated carbocycles. The molecule has 12 heteroatoms. The third kappa shape index (κ3) is 5.02. The van der Waals surface area contributed by atoms with Gasteiger partial charge in [-0.2, -0.15) is 13.2 Å². The molecule has 0 spiro atoms. The quantitative estimate of drug-likeness (QED) is 0.227. The summed E-state index contributed by atoms with van der Waals surface area (Å²) in [6.45, 7) is 3.59. The fraction of sp³-hybridized carbons (Fsp3) is 0.154. The first kappa shape index (κ1) is 25.2. The zero-order valence-electron chi connectivity index (χ0n) is 20.5. The van der Waals surface area contributed by atoms with Gasteiger partial charge in [-0.25, -0.2) is 15.0 Å². The molecule has 0 bridgehead atoms. The standard InChI is InChI=1S/C26H22F3N7OS/c1-14-4-5-17(9-21(14)35-25(37)20-11-38-23-22(20)31-12-32-24(23)30-3)34-18-6-16(26(27,28)29)7-19(8-18)36-10-15(2)33-13-36/h4-13,34H,1-3H3,(H,35,37)(H,30,31,32). The van der Waals surface area contributed by atoms with E-state index in [-0.39, 0.29) is 11.6 Å². The van der Waals surface area contributed by atoms with Crippen LogP contribution in [0.5, 0.6) is 0 Å². The summed E-state index contributed by atoms with van der Waals surface area (Å²) < 4.78 is 43.2. The lowest BCUT2D eigenvalue weighted by Gasteiger charge is -2.15. The predicted molar refractivity (Wildman–Crippen MR) is 143 cm³/mol. The number of halogens is 3. The number of thiophene rings is 1. The minimum absolute atomic E-state index is 0.238. The smallest absolute Gasteiger partial charge is 0.372 e. The number of imidazole rings is 1. The number of amides is 1. The molecule has 5 rings (SSSR count). The Morgan fingerprint density at radius 3 is 2.55 bits per heavy atom. The first-order valence-electron chi connectivity index (χ1n) is 11.4. The average molecular weight is 538 g/mol. The molecule has 3 N–H and O–H groups in total. The number of nitrogens with one attached hydrogen (secondary N) is 3. The Kier molecular flexibility index (Phi) is 6.49. The maximum Gasteiger partial charge on any atom is 0.416 e. The molecule has 3 aromatic heterocycles. The van der Waals surface area contributed by atoms with Crippen molar-refractivity contribution in [2.45, 2.75) is 20.0 Å². The summed E-state index contributed by atoms with van der Waals surface area (Å²) in [6, 6.07) is 8.91. The first-order chi connectivity index (χ1) is 18.1. The first-order valence-corrected chi connectivity index (χ1v) is 12.3. The number of aryl methyl sites for hydroxylation is 2. The van der Waals surface area contributed by atoms with E-state index in [0.717, 1.165) is 22.4 Å². The monoisotopic (exact) mass is 537 g/mol. The maximum atomic E-state index is 13.6. The summed E-state index contributed by atoms with van der Waals surface area (Å²) in [5.41, 5.74) is 3.18. The highest BCUT2D eigenvalue weighted by Crippen LogP contribution is 2.35. The molecule has 1 amide bonds. The molecule has 0 fully saturated rings. The molecule has 194 valence electrons. The summed E-state index contributed by atoms with van der Waals surface area (Å²) in [5, 5.41) is 10.6. The van der Waals surface area contributed by atoms with Crippen LogP contribution in [0.1, 0.15) is 27.2 Å². The van der Waals surface area contributed by atoms with Gasteiger partial charge in [0, 0.05) is 41.4 Å². The molecule has 0 radical (unpaired) electrons. The third-order valence-corrected chi connectivity index (χ3v) is 6.84. The van der Waals surface area contributed by atoms with Crippen molar-refractivity contribution in [3.05, 3.63) is 83.0 Å². The van der Waals surface area contributed by atoms with Crippen LogP contribution in [-0.4, -0.2) is 32.5 Å². The summed E-state index contributed by atoms with van der Waals surface area (Å²) in [5.74, 6) is 0.279. The molecule has 3 heterocycles. The predicted octanol–water partition coefficient (Wildman–Crippen LogP) is 6.55. The lowest BCUT2D eigenvalue weighted by molar-refractivity contribution is -0.137. The van der Waals surface area contributed by atoms with Gasteiger partial charge in [0.2, 0.25) is 0 Å². The van der Waals surface area contributed by atoms with Gasteiger partial charge in [-0.3, -0.25) is 4.79 Å². The highest BCUT2D eigenvalue weighted by molar-refractivity contribution is 7.18. The van der Waals surface area contributed by atoms with Gasteiger partial charge >= 0.3 is 6.18 Å². The van der Waals surface area contributed by atoms with E-state index < -0.39 is 11.7 Å². The second-order valence-corrected chi connectivity index (χ2v) is 9.48. The van der Waals surface area contributed by atoms with Crippen molar-refractivity contribution in [2.24, 2.45) is 0 Å². The fourth-order valence-corrected chi connectivity index (χ4v) is 4.93. The molecule has 0 aliphatic carbocycles. The Morgan fingerprint density at radius 2 is 1.84 bits per heavy atom. The maximum absolute atomic E-state index is 13.6. The van der Waals surface area contributed by atoms with Crippen molar-refractivity contribution in [1.29, 1.82) is 0 Å². The summed E-state index contributed by atoms with van der Waals surface area (Å²) in [6.07, 6.45) is -0.0273. The number of benzene rings is 2. The van der Waals surface area contributed by atoms with E-state index >= 15 is 0 Å². The normalized spacial score (nSPS) is 11.5. The summed E-state index contributed by atoms with van der Waals surface area (Å²) in [4.78, 5) is 25.7. The fourth-order valence-electron chi connectivity index (χ4n) is 3.94. The number of alkyl halides is 3. The zero-order valence-corrected chi connectivity index (χ0v) is 21.3. The van der Waals surface area contributed by atoms with Gasteiger partial charge in [0.15, 0.2) is 0 Å². The molecule has 0 aliphatic rings.